The standard InChI is InChI=1S/C12H14Cl2O2/c1-7-3-4-8(13)10(5-7)16-11-6-9(14)12(11)15-2/h3-5,9,11-12H,6H2,1-2H3. The van der Waals surface area contributed by atoms with Gasteiger partial charge in [0.1, 0.15) is 18.0 Å². The van der Waals surface area contributed by atoms with E-state index >= 15 is 0 Å². The number of rotatable bonds is 3. The van der Waals surface area contributed by atoms with E-state index in [1.807, 2.05) is 25.1 Å². The fourth-order valence-corrected chi connectivity index (χ4v) is 2.41. The first-order chi connectivity index (χ1) is 7.61. The molecule has 88 valence electrons. The quantitative estimate of drug-likeness (QED) is 0.776. The van der Waals surface area contributed by atoms with Gasteiger partial charge in [-0.25, -0.2) is 0 Å². The van der Waals surface area contributed by atoms with E-state index in [0.717, 1.165) is 12.0 Å². The van der Waals surface area contributed by atoms with E-state index in [9.17, 15) is 0 Å². The first-order valence-electron chi connectivity index (χ1n) is 5.21. The van der Waals surface area contributed by atoms with Crippen LogP contribution in [-0.4, -0.2) is 24.7 Å². The van der Waals surface area contributed by atoms with Crippen molar-refractivity contribution in [2.45, 2.75) is 30.9 Å². The molecule has 0 bridgehead atoms. The van der Waals surface area contributed by atoms with Crippen molar-refractivity contribution in [2.24, 2.45) is 0 Å². The molecule has 1 aliphatic carbocycles. The summed E-state index contributed by atoms with van der Waals surface area (Å²) in [5, 5.41) is 0.664. The summed E-state index contributed by atoms with van der Waals surface area (Å²) < 4.78 is 11.0. The molecule has 3 atom stereocenters. The monoisotopic (exact) mass is 260 g/mol. The first-order valence-corrected chi connectivity index (χ1v) is 6.03. The van der Waals surface area contributed by atoms with Gasteiger partial charge in [-0.15, -0.1) is 11.6 Å². The molecule has 0 amide bonds. The Morgan fingerprint density at radius 3 is 2.75 bits per heavy atom. The minimum atomic E-state index is -0.0433. The van der Waals surface area contributed by atoms with Gasteiger partial charge < -0.3 is 9.47 Å². The van der Waals surface area contributed by atoms with Crippen LogP contribution in [0.5, 0.6) is 5.75 Å². The number of hydrogen-bond acceptors (Lipinski definition) is 2. The van der Waals surface area contributed by atoms with Gasteiger partial charge in [-0.1, -0.05) is 17.7 Å². The number of benzene rings is 1. The van der Waals surface area contributed by atoms with E-state index in [1.54, 1.807) is 7.11 Å². The predicted molar refractivity (Wildman–Crippen MR) is 65.7 cm³/mol. The van der Waals surface area contributed by atoms with Crippen molar-refractivity contribution in [3.8, 4) is 5.75 Å². The van der Waals surface area contributed by atoms with Gasteiger partial charge in [-0.3, -0.25) is 0 Å². The van der Waals surface area contributed by atoms with Crippen LogP contribution < -0.4 is 4.74 Å². The van der Waals surface area contributed by atoms with Crippen molar-refractivity contribution >= 4 is 23.2 Å². The fourth-order valence-electron chi connectivity index (χ4n) is 1.81. The molecule has 4 heteroatoms. The summed E-state index contributed by atoms with van der Waals surface area (Å²) in [6.45, 7) is 2.00. The van der Waals surface area contributed by atoms with Crippen LogP contribution in [-0.2, 0) is 4.74 Å². The summed E-state index contributed by atoms with van der Waals surface area (Å²) >= 11 is 12.1. The lowest BCUT2D eigenvalue weighted by Gasteiger charge is -2.39. The van der Waals surface area contributed by atoms with Gasteiger partial charge in [0.25, 0.3) is 0 Å². The number of hydrogen-bond donors (Lipinski definition) is 0. The van der Waals surface area contributed by atoms with Gasteiger partial charge in [-0.05, 0) is 24.6 Å². The molecular formula is C12H14Cl2O2. The molecule has 3 unspecified atom stereocenters. The molecule has 1 saturated carbocycles. The van der Waals surface area contributed by atoms with Gasteiger partial charge in [0, 0.05) is 13.5 Å². The lowest BCUT2D eigenvalue weighted by molar-refractivity contribution is -0.0583. The highest BCUT2D eigenvalue weighted by atomic mass is 35.5. The zero-order valence-corrected chi connectivity index (χ0v) is 10.8. The number of aryl methyl sites for hydroxylation is 1. The highest BCUT2D eigenvalue weighted by Crippen LogP contribution is 2.35. The Bertz CT molecular complexity index is 381. The van der Waals surface area contributed by atoms with Crippen molar-refractivity contribution in [2.75, 3.05) is 7.11 Å². The summed E-state index contributed by atoms with van der Waals surface area (Å²) in [5.41, 5.74) is 1.12. The Morgan fingerprint density at radius 2 is 2.12 bits per heavy atom. The van der Waals surface area contributed by atoms with Crippen LogP contribution in [0.15, 0.2) is 18.2 Å². The Hall–Kier alpha value is -0.440. The Kier molecular flexibility index (Phi) is 3.63. The Morgan fingerprint density at radius 1 is 1.38 bits per heavy atom. The normalized spacial score (nSPS) is 28.6. The minimum absolute atomic E-state index is 0.00630. The molecule has 1 aromatic rings. The molecule has 1 aromatic carbocycles. The molecule has 1 fully saturated rings. The Balaban J connectivity index is 2.07. The number of ether oxygens (including phenoxy) is 2. The molecule has 1 aliphatic rings. The number of halogens is 2. The van der Waals surface area contributed by atoms with Gasteiger partial charge in [-0.2, -0.15) is 0 Å². The molecule has 2 nitrogen and oxygen atoms in total. The van der Waals surface area contributed by atoms with Crippen LogP contribution in [0.2, 0.25) is 5.02 Å². The second-order valence-corrected chi connectivity index (χ2v) is 5.01. The minimum Gasteiger partial charge on any atom is -0.486 e. The van der Waals surface area contributed by atoms with Crippen LogP contribution in [0.4, 0.5) is 0 Å². The van der Waals surface area contributed by atoms with E-state index in [-0.39, 0.29) is 17.6 Å². The maximum Gasteiger partial charge on any atom is 0.138 e. The number of methoxy groups -OCH3 is 1. The van der Waals surface area contributed by atoms with Crippen LogP contribution in [0.3, 0.4) is 0 Å². The van der Waals surface area contributed by atoms with E-state index in [4.69, 9.17) is 32.7 Å². The maximum absolute atomic E-state index is 6.05. The van der Waals surface area contributed by atoms with Crippen molar-refractivity contribution < 1.29 is 9.47 Å². The zero-order valence-electron chi connectivity index (χ0n) is 9.24. The largest absolute Gasteiger partial charge is 0.486 e. The molecule has 2 rings (SSSR count). The third kappa shape index (κ3) is 2.29. The average molecular weight is 261 g/mol. The molecule has 0 N–H and O–H groups in total. The van der Waals surface area contributed by atoms with E-state index in [1.165, 1.54) is 0 Å². The first kappa shape index (κ1) is 12.0. The lowest BCUT2D eigenvalue weighted by atomic mass is 9.91. The molecule has 0 spiro atoms. The summed E-state index contributed by atoms with van der Waals surface area (Å²) in [5.74, 6) is 0.706. The highest BCUT2D eigenvalue weighted by Gasteiger charge is 2.42. The van der Waals surface area contributed by atoms with Crippen molar-refractivity contribution in [3.63, 3.8) is 0 Å². The summed E-state index contributed by atoms with van der Waals surface area (Å²) in [4.78, 5) is 0. The summed E-state index contributed by atoms with van der Waals surface area (Å²) in [6.07, 6.45) is 0.759. The average Bonchev–Trinajstić information content (AvgIpc) is 2.23. The maximum atomic E-state index is 6.05. The number of alkyl halides is 1. The van der Waals surface area contributed by atoms with Gasteiger partial charge in [0.05, 0.1) is 10.4 Å². The summed E-state index contributed by atoms with van der Waals surface area (Å²) in [6, 6.07) is 5.72. The van der Waals surface area contributed by atoms with E-state index in [0.29, 0.717) is 10.8 Å². The molecule has 0 aliphatic heterocycles. The Labute approximate surface area is 105 Å². The van der Waals surface area contributed by atoms with Gasteiger partial charge in [0.2, 0.25) is 0 Å². The SMILES string of the molecule is COC1C(Cl)CC1Oc1cc(C)ccc1Cl. The van der Waals surface area contributed by atoms with Gasteiger partial charge >= 0.3 is 0 Å². The second-order valence-electron chi connectivity index (χ2n) is 4.04. The van der Waals surface area contributed by atoms with Crippen molar-refractivity contribution in [1.29, 1.82) is 0 Å². The zero-order chi connectivity index (χ0) is 11.7. The second kappa shape index (κ2) is 4.82. The lowest BCUT2D eigenvalue weighted by Crippen LogP contribution is -2.52. The van der Waals surface area contributed by atoms with Crippen LogP contribution >= 0.6 is 23.2 Å². The van der Waals surface area contributed by atoms with E-state index < -0.39 is 0 Å². The molecular weight excluding hydrogens is 247 g/mol. The third-order valence-electron chi connectivity index (χ3n) is 2.82. The third-order valence-corrected chi connectivity index (χ3v) is 3.56. The molecule has 0 aromatic heterocycles. The summed E-state index contributed by atoms with van der Waals surface area (Å²) in [7, 11) is 1.65. The van der Waals surface area contributed by atoms with Crippen LogP contribution in [0.25, 0.3) is 0 Å². The molecule has 0 saturated heterocycles. The van der Waals surface area contributed by atoms with Crippen LogP contribution in [0, 0.1) is 6.92 Å². The van der Waals surface area contributed by atoms with E-state index in [2.05, 4.69) is 0 Å². The van der Waals surface area contributed by atoms with Crippen molar-refractivity contribution in [3.05, 3.63) is 28.8 Å². The van der Waals surface area contributed by atoms with Gasteiger partial charge in [0.15, 0.2) is 0 Å². The predicted octanol–water partition coefficient (Wildman–Crippen LogP) is 3.42. The van der Waals surface area contributed by atoms with Crippen molar-refractivity contribution in [1.82, 2.24) is 0 Å². The molecule has 16 heavy (non-hydrogen) atoms. The molecule has 0 heterocycles. The van der Waals surface area contributed by atoms with Crippen LogP contribution in [0.1, 0.15) is 12.0 Å². The molecule has 0 radical (unpaired) electrons. The fraction of sp³-hybridized carbons (Fsp3) is 0.500. The smallest absolute Gasteiger partial charge is 0.138 e. The topological polar surface area (TPSA) is 18.5 Å². The highest BCUT2D eigenvalue weighted by molar-refractivity contribution is 6.32.